The zero-order valence-electron chi connectivity index (χ0n) is 14.2. The molecule has 4 N–H and O–H groups in total. The number of nitrogens with zero attached hydrogens (tertiary/aromatic N) is 1. The van der Waals surface area contributed by atoms with E-state index in [4.69, 9.17) is 20.4 Å². The van der Waals surface area contributed by atoms with Crippen molar-refractivity contribution in [2.75, 3.05) is 26.2 Å². The van der Waals surface area contributed by atoms with Crippen LogP contribution in [0.2, 0.25) is 0 Å². The smallest absolute Gasteiger partial charge is 0.475 e. The van der Waals surface area contributed by atoms with E-state index >= 15 is 0 Å². The lowest BCUT2D eigenvalue weighted by Crippen LogP contribution is -2.48. The first-order valence-corrected chi connectivity index (χ1v) is 7.91. The van der Waals surface area contributed by atoms with E-state index in [1.807, 2.05) is 0 Å². The molecule has 0 spiro atoms. The van der Waals surface area contributed by atoms with Crippen LogP contribution >= 0.6 is 0 Å². The van der Waals surface area contributed by atoms with Crippen LogP contribution in [0.15, 0.2) is 18.2 Å². The number of H-pyrrole nitrogens is 1. The van der Waals surface area contributed by atoms with Gasteiger partial charge < -0.3 is 25.5 Å². The standard InChI is InChI=1S/C14H15F2N3O2.C2HF3O2/c15-10-3-8-4-13(18-12(8)5-11(10)16)14(20)19-1-2-21-9(6-17)7-19;3-2(4,5)1(6)7/h3-5,9,18H,1-2,6-7,17H2;(H,6,7)/t9-;/m0./s1. The number of amides is 1. The van der Waals surface area contributed by atoms with Gasteiger partial charge in [0.2, 0.25) is 0 Å². The normalized spacial score (nSPS) is 17.2. The molecule has 28 heavy (non-hydrogen) atoms. The van der Waals surface area contributed by atoms with E-state index in [1.165, 1.54) is 6.07 Å². The number of hydrogen-bond donors (Lipinski definition) is 3. The van der Waals surface area contributed by atoms with Gasteiger partial charge in [-0.3, -0.25) is 4.79 Å². The summed E-state index contributed by atoms with van der Waals surface area (Å²) in [5.41, 5.74) is 6.23. The molecule has 12 heteroatoms. The van der Waals surface area contributed by atoms with Crippen LogP contribution in [-0.4, -0.2) is 65.4 Å². The molecule has 0 radical (unpaired) electrons. The molecule has 7 nitrogen and oxygen atoms in total. The van der Waals surface area contributed by atoms with Gasteiger partial charge in [-0.1, -0.05) is 0 Å². The average molecular weight is 409 g/mol. The van der Waals surface area contributed by atoms with Gasteiger partial charge in [-0.15, -0.1) is 0 Å². The van der Waals surface area contributed by atoms with Crippen LogP contribution in [0.3, 0.4) is 0 Å². The average Bonchev–Trinajstić information content (AvgIpc) is 3.04. The molecule has 1 saturated heterocycles. The van der Waals surface area contributed by atoms with Gasteiger partial charge in [-0.05, 0) is 12.1 Å². The molecule has 0 saturated carbocycles. The van der Waals surface area contributed by atoms with Crippen molar-refractivity contribution in [1.29, 1.82) is 0 Å². The number of carboxylic acid groups (broad SMARTS) is 1. The number of carbonyl (C=O) groups is 2. The van der Waals surface area contributed by atoms with Gasteiger partial charge in [0.05, 0.1) is 12.7 Å². The van der Waals surface area contributed by atoms with Gasteiger partial charge in [0.1, 0.15) is 5.69 Å². The Balaban J connectivity index is 0.000000345. The maximum atomic E-state index is 13.2. The van der Waals surface area contributed by atoms with Crippen LogP contribution in [0.1, 0.15) is 10.5 Å². The van der Waals surface area contributed by atoms with E-state index in [1.54, 1.807) is 4.90 Å². The second-order valence-electron chi connectivity index (χ2n) is 5.82. The first kappa shape index (κ1) is 21.6. The molecule has 1 atom stereocenters. The van der Waals surface area contributed by atoms with Gasteiger partial charge in [-0.2, -0.15) is 13.2 Å². The summed E-state index contributed by atoms with van der Waals surface area (Å²) in [6.45, 7) is 1.64. The number of aliphatic carboxylic acids is 1. The maximum absolute atomic E-state index is 13.2. The number of carbonyl (C=O) groups excluding carboxylic acids is 1. The fraction of sp³-hybridized carbons (Fsp3) is 0.375. The van der Waals surface area contributed by atoms with Crippen molar-refractivity contribution in [2.24, 2.45) is 5.73 Å². The third kappa shape index (κ3) is 5.16. The predicted octanol–water partition coefficient (Wildman–Crippen LogP) is 1.88. The van der Waals surface area contributed by atoms with Crippen LogP contribution in [0, 0.1) is 11.6 Å². The van der Waals surface area contributed by atoms with Crippen molar-refractivity contribution in [3.05, 3.63) is 35.5 Å². The van der Waals surface area contributed by atoms with E-state index in [-0.39, 0.29) is 12.0 Å². The molecule has 1 aliphatic heterocycles. The van der Waals surface area contributed by atoms with Crippen molar-refractivity contribution in [1.82, 2.24) is 9.88 Å². The molecule has 0 unspecified atom stereocenters. The van der Waals surface area contributed by atoms with Crippen molar-refractivity contribution < 1.29 is 41.4 Å². The molecule has 0 bridgehead atoms. The minimum absolute atomic E-state index is 0.179. The monoisotopic (exact) mass is 409 g/mol. The van der Waals surface area contributed by atoms with E-state index in [9.17, 15) is 26.7 Å². The number of morpholine rings is 1. The lowest BCUT2D eigenvalue weighted by Gasteiger charge is -2.32. The number of nitrogens with two attached hydrogens (primary N) is 1. The number of halogens is 5. The van der Waals surface area contributed by atoms with Crippen molar-refractivity contribution in [3.8, 4) is 0 Å². The zero-order chi connectivity index (χ0) is 21.1. The summed E-state index contributed by atoms with van der Waals surface area (Å²) in [6, 6.07) is 3.64. The molecule has 3 rings (SSSR count). The predicted molar refractivity (Wildman–Crippen MR) is 86.6 cm³/mol. The Labute approximate surface area is 154 Å². The van der Waals surface area contributed by atoms with Crippen molar-refractivity contribution >= 4 is 22.8 Å². The summed E-state index contributed by atoms with van der Waals surface area (Å²) < 4.78 is 63.5. The molecular formula is C16H16F5N3O4. The zero-order valence-corrected chi connectivity index (χ0v) is 14.2. The Hall–Kier alpha value is -2.73. The molecule has 1 amide bonds. The SMILES string of the molecule is NC[C@H]1CN(C(=O)c2cc3cc(F)c(F)cc3[nH]2)CCO1.O=C(O)C(F)(F)F. The van der Waals surface area contributed by atoms with Crippen LogP contribution < -0.4 is 5.73 Å². The molecule has 0 aliphatic carbocycles. The van der Waals surface area contributed by atoms with Crippen LogP contribution in [0.25, 0.3) is 10.9 Å². The first-order chi connectivity index (χ1) is 13.0. The second kappa shape index (κ2) is 8.52. The number of carboxylic acids is 1. The van der Waals surface area contributed by atoms with Crippen LogP contribution in [-0.2, 0) is 9.53 Å². The quantitative estimate of drug-likeness (QED) is 0.657. The number of benzene rings is 1. The van der Waals surface area contributed by atoms with Crippen molar-refractivity contribution in [2.45, 2.75) is 12.3 Å². The fourth-order valence-electron chi connectivity index (χ4n) is 2.46. The van der Waals surface area contributed by atoms with Crippen molar-refractivity contribution in [3.63, 3.8) is 0 Å². The van der Waals surface area contributed by atoms with E-state index in [0.717, 1.165) is 12.1 Å². The summed E-state index contributed by atoms with van der Waals surface area (Å²) in [5, 5.41) is 7.58. The number of aromatic amines is 1. The first-order valence-electron chi connectivity index (χ1n) is 7.91. The molecular weight excluding hydrogens is 393 g/mol. The largest absolute Gasteiger partial charge is 0.490 e. The molecule has 1 aliphatic rings. The number of aromatic nitrogens is 1. The van der Waals surface area contributed by atoms with Crippen LogP contribution in [0.5, 0.6) is 0 Å². The minimum atomic E-state index is -5.08. The summed E-state index contributed by atoms with van der Waals surface area (Å²) >= 11 is 0. The Morgan fingerprint density at radius 2 is 1.86 bits per heavy atom. The highest BCUT2D eigenvalue weighted by atomic mass is 19.4. The van der Waals surface area contributed by atoms with E-state index < -0.39 is 23.8 Å². The highest BCUT2D eigenvalue weighted by Gasteiger charge is 2.38. The summed E-state index contributed by atoms with van der Waals surface area (Å²) in [7, 11) is 0. The third-order valence-corrected chi connectivity index (χ3v) is 3.82. The number of nitrogens with one attached hydrogen (secondary N) is 1. The van der Waals surface area contributed by atoms with Gasteiger partial charge in [0.15, 0.2) is 11.6 Å². The van der Waals surface area contributed by atoms with Gasteiger partial charge >= 0.3 is 12.1 Å². The number of fused-ring (bicyclic) bond motifs is 1. The Morgan fingerprint density at radius 3 is 2.43 bits per heavy atom. The summed E-state index contributed by atoms with van der Waals surface area (Å²) in [6.07, 6.45) is -5.26. The molecule has 1 fully saturated rings. The van der Waals surface area contributed by atoms with Gasteiger partial charge in [0.25, 0.3) is 5.91 Å². The van der Waals surface area contributed by atoms with Crippen LogP contribution in [0.4, 0.5) is 22.0 Å². The Bertz CT molecular complexity index is 829. The number of ether oxygens (including phenoxy) is 1. The highest BCUT2D eigenvalue weighted by molar-refractivity contribution is 5.98. The van der Waals surface area contributed by atoms with Gasteiger partial charge in [0, 0.05) is 36.6 Å². The topological polar surface area (TPSA) is 109 Å². The third-order valence-electron chi connectivity index (χ3n) is 3.82. The van der Waals surface area contributed by atoms with E-state index in [2.05, 4.69) is 4.98 Å². The number of rotatable bonds is 2. The molecule has 2 aromatic rings. The minimum Gasteiger partial charge on any atom is -0.475 e. The van der Waals surface area contributed by atoms with E-state index in [0.29, 0.717) is 42.8 Å². The summed E-state index contributed by atoms with van der Waals surface area (Å²) in [5.74, 6) is -4.87. The number of hydrogen-bond acceptors (Lipinski definition) is 4. The maximum Gasteiger partial charge on any atom is 0.490 e. The Kier molecular flexibility index (Phi) is 6.56. The molecule has 2 heterocycles. The molecule has 154 valence electrons. The highest BCUT2D eigenvalue weighted by Crippen LogP contribution is 2.21. The summed E-state index contributed by atoms with van der Waals surface area (Å²) in [4.78, 5) is 25.8. The lowest BCUT2D eigenvalue weighted by molar-refractivity contribution is -0.192. The number of alkyl halides is 3. The fourth-order valence-corrected chi connectivity index (χ4v) is 2.46. The van der Waals surface area contributed by atoms with Gasteiger partial charge in [-0.25, -0.2) is 13.6 Å². The lowest BCUT2D eigenvalue weighted by atomic mass is 10.2. The molecule has 1 aromatic carbocycles. The molecule has 1 aromatic heterocycles. The Morgan fingerprint density at radius 1 is 1.25 bits per heavy atom. The second-order valence-corrected chi connectivity index (χ2v) is 5.82.